The molecule has 0 aliphatic carbocycles. The highest BCUT2D eigenvalue weighted by Crippen LogP contribution is 2.37. The molecule has 0 unspecified atom stereocenters. The first-order valence-corrected chi connectivity index (χ1v) is 6.75. The van der Waals surface area contributed by atoms with Gasteiger partial charge in [-0.1, -0.05) is 17.7 Å². The predicted octanol–water partition coefficient (Wildman–Crippen LogP) is 4.18. The summed E-state index contributed by atoms with van der Waals surface area (Å²) in [6.07, 6.45) is 0. The third kappa shape index (κ3) is 2.11. The number of H-pyrrole nitrogens is 1. The molecule has 3 rings (SSSR count). The molecule has 3 aromatic rings. The number of rotatable bonds is 2. The number of nitrogen functional groups attached to an aromatic ring is 1. The highest BCUT2D eigenvalue weighted by Gasteiger charge is 2.16. The summed E-state index contributed by atoms with van der Waals surface area (Å²) in [6, 6.07) is 8.42. The number of thiophene rings is 1. The van der Waals surface area contributed by atoms with Crippen LogP contribution in [0.5, 0.6) is 0 Å². The van der Waals surface area contributed by atoms with Gasteiger partial charge in [-0.3, -0.25) is 5.10 Å². The predicted molar refractivity (Wildman–Crippen MR) is 76.7 cm³/mol. The van der Waals surface area contributed by atoms with Crippen LogP contribution in [0.2, 0.25) is 5.02 Å². The molecule has 0 atom stereocenters. The topological polar surface area (TPSA) is 54.7 Å². The van der Waals surface area contributed by atoms with E-state index in [2.05, 4.69) is 10.2 Å². The number of nitrogens with one attached hydrogen (secondary N) is 1. The Balaban J connectivity index is 2.18. The minimum atomic E-state index is -0.449. The molecule has 0 aliphatic rings. The number of aromatic amines is 1. The van der Waals surface area contributed by atoms with Crippen molar-refractivity contribution in [3.8, 4) is 21.7 Å². The fraction of sp³-hybridized carbons (Fsp3) is 0. The molecule has 0 saturated heterocycles. The number of halogens is 2. The Labute approximate surface area is 117 Å². The van der Waals surface area contributed by atoms with Crippen molar-refractivity contribution in [3.05, 3.63) is 46.6 Å². The number of nitrogens with two attached hydrogens (primary N) is 1. The molecular formula is C13H9ClFN3S. The van der Waals surface area contributed by atoms with Gasteiger partial charge in [0.05, 0.1) is 16.3 Å². The van der Waals surface area contributed by atoms with Crippen LogP contribution in [-0.2, 0) is 0 Å². The van der Waals surface area contributed by atoms with E-state index in [9.17, 15) is 4.39 Å². The SMILES string of the molecule is Nc1n[nH]c(-c2ccc(F)c(Cl)c2)c1-c1cccs1. The van der Waals surface area contributed by atoms with E-state index in [1.54, 1.807) is 23.5 Å². The molecule has 0 aliphatic heterocycles. The Morgan fingerprint density at radius 1 is 1.32 bits per heavy atom. The van der Waals surface area contributed by atoms with E-state index in [1.807, 2.05) is 17.5 Å². The van der Waals surface area contributed by atoms with Crippen molar-refractivity contribution in [3.63, 3.8) is 0 Å². The lowest BCUT2D eigenvalue weighted by Gasteiger charge is -2.03. The highest BCUT2D eigenvalue weighted by atomic mass is 35.5. The molecule has 2 aromatic heterocycles. The average molecular weight is 294 g/mol. The van der Waals surface area contributed by atoms with Gasteiger partial charge in [0.15, 0.2) is 5.82 Å². The zero-order chi connectivity index (χ0) is 13.4. The Bertz CT molecular complexity index is 722. The van der Waals surface area contributed by atoms with Gasteiger partial charge in [0, 0.05) is 10.4 Å². The van der Waals surface area contributed by atoms with E-state index in [0.29, 0.717) is 5.82 Å². The largest absolute Gasteiger partial charge is 0.382 e. The number of hydrogen-bond donors (Lipinski definition) is 2. The van der Waals surface area contributed by atoms with E-state index in [4.69, 9.17) is 17.3 Å². The fourth-order valence-electron chi connectivity index (χ4n) is 1.89. The Hall–Kier alpha value is -1.85. The second kappa shape index (κ2) is 4.68. The molecule has 0 fully saturated rings. The molecule has 3 N–H and O–H groups in total. The van der Waals surface area contributed by atoms with Crippen molar-refractivity contribution < 1.29 is 4.39 Å². The van der Waals surface area contributed by atoms with Gasteiger partial charge in [0.25, 0.3) is 0 Å². The molecule has 0 spiro atoms. The lowest BCUT2D eigenvalue weighted by Crippen LogP contribution is -1.87. The van der Waals surface area contributed by atoms with Crippen molar-refractivity contribution in [2.75, 3.05) is 5.73 Å². The summed E-state index contributed by atoms with van der Waals surface area (Å²) in [6.45, 7) is 0. The summed E-state index contributed by atoms with van der Waals surface area (Å²) in [7, 11) is 0. The van der Waals surface area contributed by atoms with Crippen LogP contribution < -0.4 is 5.73 Å². The number of aromatic nitrogens is 2. The van der Waals surface area contributed by atoms with Gasteiger partial charge in [-0.05, 0) is 29.6 Å². The monoisotopic (exact) mass is 293 g/mol. The molecule has 3 nitrogen and oxygen atoms in total. The first kappa shape index (κ1) is 12.2. The smallest absolute Gasteiger partial charge is 0.154 e. The zero-order valence-corrected chi connectivity index (χ0v) is 11.2. The van der Waals surface area contributed by atoms with Gasteiger partial charge in [-0.25, -0.2) is 4.39 Å². The lowest BCUT2D eigenvalue weighted by molar-refractivity contribution is 0.628. The summed E-state index contributed by atoms with van der Waals surface area (Å²) < 4.78 is 13.2. The molecule has 6 heteroatoms. The number of benzene rings is 1. The van der Waals surface area contributed by atoms with E-state index < -0.39 is 5.82 Å². The molecule has 0 bridgehead atoms. The zero-order valence-electron chi connectivity index (χ0n) is 9.65. The Morgan fingerprint density at radius 3 is 2.84 bits per heavy atom. The fourth-order valence-corrected chi connectivity index (χ4v) is 2.85. The third-order valence-corrected chi connectivity index (χ3v) is 3.95. The summed E-state index contributed by atoms with van der Waals surface area (Å²) >= 11 is 7.37. The summed E-state index contributed by atoms with van der Waals surface area (Å²) in [5.74, 6) is -0.0338. The van der Waals surface area contributed by atoms with Crippen LogP contribution in [0.3, 0.4) is 0 Å². The van der Waals surface area contributed by atoms with Crippen LogP contribution >= 0.6 is 22.9 Å². The van der Waals surface area contributed by atoms with Crippen LogP contribution in [-0.4, -0.2) is 10.2 Å². The van der Waals surface area contributed by atoms with Crippen LogP contribution in [0.1, 0.15) is 0 Å². The van der Waals surface area contributed by atoms with E-state index in [-0.39, 0.29) is 5.02 Å². The minimum absolute atomic E-state index is 0.0720. The number of nitrogens with zero attached hydrogens (tertiary/aromatic N) is 1. The van der Waals surface area contributed by atoms with Crippen LogP contribution in [0.4, 0.5) is 10.2 Å². The van der Waals surface area contributed by atoms with Gasteiger partial charge in [0.1, 0.15) is 5.82 Å². The summed E-state index contributed by atoms with van der Waals surface area (Å²) in [4.78, 5) is 1.00. The van der Waals surface area contributed by atoms with E-state index in [1.165, 1.54) is 6.07 Å². The Kier molecular flexibility index (Phi) is 3.00. The maximum absolute atomic E-state index is 13.2. The molecule has 2 heterocycles. The van der Waals surface area contributed by atoms with Crippen LogP contribution in [0, 0.1) is 5.82 Å². The van der Waals surface area contributed by atoms with Crippen molar-refractivity contribution in [2.24, 2.45) is 0 Å². The maximum Gasteiger partial charge on any atom is 0.154 e. The van der Waals surface area contributed by atoms with Crippen LogP contribution in [0.25, 0.3) is 21.7 Å². The molecule has 1 aromatic carbocycles. The normalized spacial score (nSPS) is 10.8. The van der Waals surface area contributed by atoms with Crippen molar-refractivity contribution >= 4 is 28.8 Å². The molecule has 0 saturated carbocycles. The second-order valence-electron chi connectivity index (χ2n) is 3.97. The summed E-state index contributed by atoms with van der Waals surface area (Å²) in [5, 5.41) is 8.93. The van der Waals surface area contributed by atoms with Crippen LogP contribution in [0.15, 0.2) is 35.7 Å². The highest BCUT2D eigenvalue weighted by molar-refractivity contribution is 7.13. The quantitative estimate of drug-likeness (QED) is 0.744. The third-order valence-electron chi connectivity index (χ3n) is 2.77. The van der Waals surface area contributed by atoms with Gasteiger partial charge in [0.2, 0.25) is 0 Å². The van der Waals surface area contributed by atoms with E-state index in [0.717, 1.165) is 21.7 Å². The molecule has 96 valence electrons. The molecule has 0 radical (unpaired) electrons. The lowest BCUT2D eigenvalue weighted by atomic mass is 10.1. The first-order chi connectivity index (χ1) is 9.16. The van der Waals surface area contributed by atoms with Crippen molar-refractivity contribution in [1.29, 1.82) is 0 Å². The van der Waals surface area contributed by atoms with Crippen molar-refractivity contribution in [1.82, 2.24) is 10.2 Å². The van der Waals surface area contributed by atoms with Gasteiger partial charge in [-0.2, -0.15) is 5.10 Å². The first-order valence-electron chi connectivity index (χ1n) is 5.50. The average Bonchev–Trinajstić information content (AvgIpc) is 3.01. The molecule has 19 heavy (non-hydrogen) atoms. The molecule has 0 amide bonds. The maximum atomic E-state index is 13.2. The van der Waals surface area contributed by atoms with E-state index >= 15 is 0 Å². The van der Waals surface area contributed by atoms with Gasteiger partial charge in [-0.15, -0.1) is 11.3 Å². The van der Waals surface area contributed by atoms with Gasteiger partial charge < -0.3 is 5.73 Å². The van der Waals surface area contributed by atoms with Crippen molar-refractivity contribution in [2.45, 2.75) is 0 Å². The number of anilines is 1. The standard InChI is InChI=1S/C13H9ClFN3S/c14-8-6-7(3-4-9(8)15)12-11(13(16)18-17-12)10-2-1-5-19-10/h1-6H,(H3,16,17,18). The second-order valence-corrected chi connectivity index (χ2v) is 5.32. The van der Waals surface area contributed by atoms with Gasteiger partial charge >= 0.3 is 0 Å². The number of hydrogen-bond acceptors (Lipinski definition) is 3. The molecular weight excluding hydrogens is 285 g/mol. The Morgan fingerprint density at radius 2 is 2.16 bits per heavy atom. The summed E-state index contributed by atoms with van der Waals surface area (Å²) in [5.41, 5.74) is 8.20. The minimum Gasteiger partial charge on any atom is -0.382 e.